The maximum absolute atomic E-state index is 13.2. The molecule has 0 amide bonds. The third kappa shape index (κ3) is 4.39. The number of ether oxygens (including phenoxy) is 1. The van der Waals surface area contributed by atoms with Crippen molar-refractivity contribution in [1.82, 2.24) is 9.88 Å². The lowest BCUT2D eigenvalue weighted by molar-refractivity contribution is 0.261. The van der Waals surface area contributed by atoms with E-state index in [0.29, 0.717) is 18.4 Å². The average molecular weight is 386 g/mol. The predicted molar refractivity (Wildman–Crippen MR) is 109 cm³/mol. The first kappa shape index (κ1) is 18.2. The summed E-state index contributed by atoms with van der Waals surface area (Å²) in [5.74, 6) is 0.345. The third-order valence-electron chi connectivity index (χ3n) is 5.06. The fourth-order valence-electron chi connectivity index (χ4n) is 3.53. The van der Waals surface area contributed by atoms with Gasteiger partial charge in [0, 0.05) is 38.8 Å². The summed E-state index contributed by atoms with van der Waals surface area (Å²) in [6, 6.07) is 15.1. The number of thiazole rings is 1. The van der Waals surface area contributed by atoms with Crippen molar-refractivity contribution < 1.29 is 9.13 Å². The van der Waals surface area contributed by atoms with Gasteiger partial charge >= 0.3 is 0 Å². The average Bonchev–Trinajstić information content (AvgIpc) is 3.32. The molecule has 4 nitrogen and oxygen atoms in total. The second-order valence-corrected chi connectivity index (χ2v) is 7.99. The van der Waals surface area contributed by atoms with Crippen molar-refractivity contribution in [1.29, 1.82) is 0 Å². The summed E-state index contributed by atoms with van der Waals surface area (Å²) in [6.07, 6.45) is 2.09. The Bertz CT molecular complexity index is 867. The molecule has 27 heavy (non-hydrogen) atoms. The lowest BCUT2D eigenvalue weighted by Gasteiger charge is -2.24. The van der Waals surface area contributed by atoms with E-state index in [1.807, 2.05) is 6.07 Å². The molecule has 4 rings (SSSR count). The molecule has 1 aliphatic rings. The number of hydrogen-bond acceptors (Lipinski definition) is 5. The Balaban J connectivity index is 1.24. The molecule has 6 heteroatoms. The monoisotopic (exact) mass is 385 g/mol. The van der Waals surface area contributed by atoms with Gasteiger partial charge in [0.05, 0.1) is 16.8 Å². The van der Waals surface area contributed by atoms with E-state index in [1.165, 1.54) is 16.8 Å². The van der Waals surface area contributed by atoms with E-state index in [-0.39, 0.29) is 5.82 Å². The number of halogens is 1. The first-order valence-electron chi connectivity index (χ1n) is 9.38. The number of rotatable bonds is 7. The van der Waals surface area contributed by atoms with Crippen molar-refractivity contribution in [2.45, 2.75) is 18.9 Å². The Morgan fingerprint density at radius 3 is 3.00 bits per heavy atom. The van der Waals surface area contributed by atoms with Crippen molar-refractivity contribution in [2.75, 3.05) is 38.2 Å². The highest BCUT2D eigenvalue weighted by Crippen LogP contribution is 2.30. The molecule has 0 radical (unpaired) electrons. The van der Waals surface area contributed by atoms with Crippen molar-refractivity contribution in [2.24, 2.45) is 0 Å². The van der Waals surface area contributed by atoms with Crippen LogP contribution in [0.15, 0.2) is 48.5 Å². The van der Waals surface area contributed by atoms with Gasteiger partial charge in [0.25, 0.3) is 0 Å². The van der Waals surface area contributed by atoms with Crippen LogP contribution in [0.2, 0.25) is 0 Å². The van der Waals surface area contributed by atoms with Crippen LogP contribution in [0.4, 0.5) is 9.52 Å². The summed E-state index contributed by atoms with van der Waals surface area (Å²) in [6.45, 7) is 3.75. The first-order valence-corrected chi connectivity index (χ1v) is 10.2. The topological polar surface area (TPSA) is 28.6 Å². The molecule has 0 N–H and O–H groups in total. The molecule has 2 aromatic carbocycles. The van der Waals surface area contributed by atoms with Gasteiger partial charge in [0.15, 0.2) is 5.13 Å². The smallest absolute Gasteiger partial charge is 0.186 e. The zero-order valence-electron chi connectivity index (χ0n) is 15.5. The van der Waals surface area contributed by atoms with Gasteiger partial charge in [-0.25, -0.2) is 9.37 Å². The maximum Gasteiger partial charge on any atom is 0.186 e. The van der Waals surface area contributed by atoms with Gasteiger partial charge in [-0.05, 0) is 37.1 Å². The predicted octanol–water partition coefficient (Wildman–Crippen LogP) is 4.42. The fraction of sp³-hybridized carbons (Fsp3) is 0.381. The van der Waals surface area contributed by atoms with Gasteiger partial charge in [0.2, 0.25) is 0 Å². The van der Waals surface area contributed by atoms with Crippen LogP contribution < -0.4 is 9.64 Å². The first-order chi connectivity index (χ1) is 13.2. The SMILES string of the molecule is CN(c1nc2ccccc2s1)C1CCN(CCCOc2cccc(F)c2)C1. The number of para-hydroxylation sites is 1. The van der Waals surface area contributed by atoms with Gasteiger partial charge in [-0.2, -0.15) is 0 Å². The molecule has 0 aliphatic carbocycles. The third-order valence-corrected chi connectivity index (χ3v) is 6.19. The second kappa shape index (κ2) is 8.23. The molecule has 0 spiro atoms. The van der Waals surface area contributed by atoms with Crippen LogP contribution in [0, 0.1) is 5.82 Å². The Labute approximate surface area is 163 Å². The summed E-state index contributed by atoms with van der Waals surface area (Å²) in [7, 11) is 2.15. The summed E-state index contributed by atoms with van der Waals surface area (Å²) in [5.41, 5.74) is 1.08. The van der Waals surface area contributed by atoms with Crippen molar-refractivity contribution in [3.05, 3.63) is 54.3 Å². The molecular weight excluding hydrogens is 361 g/mol. The number of likely N-dealkylation sites (N-methyl/N-ethyl adjacent to an activating group) is 1. The minimum atomic E-state index is -0.257. The Hall–Kier alpha value is -2.18. The van der Waals surface area contributed by atoms with Gasteiger partial charge in [-0.15, -0.1) is 0 Å². The van der Waals surface area contributed by atoms with Crippen molar-refractivity contribution in [3.8, 4) is 5.75 Å². The van der Waals surface area contributed by atoms with Gasteiger partial charge in [-0.3, -0.25) is 0 Å². The number of hydrogen-bond donors (Lipinski definition) is 0. The molecule has 1 unspecified atom stereocenters. The number of anilines is 1. The van der Waals surface area contributed by atoms with E-state index in [4.69, 9.17) is 9.72 Å². The number of likely N-dealkylation sites (tertiary alicyclic amines) is 1. The normalized spacial score (nSPS) is 17.5. The number of fused-ring (bicyclic) bond motifs is 1. The van der Waals surface area contributed by atoms with E-state index >= 15 is 0 Å². The fourth-order valence-corrected chi connectivity index (χ4v) is 4.53. The molecule has 1 saturated heterocycles. The van der Waals surface area contributed by atoms with E-state index < -0.39 is 0 Å². The number of nitrogens with zero attached hydrogens (tertiary/aromatic N) is 3. The highest BCUT2D eigenvalue weighted by molar-refractivity contribution is 7.22. The second-order valence-electron chi connectivity index (χ2n) is 6.98. The minimum Gasteiger partial charge on any atom is -0.493 e. The molecule has 0 bridgehead atoms. The zero-order valence-corrected chi connectivity index (χ0v) is 16.3. The highest BCUT2D eigenvalue weighted by atomic mass is 32.1. The standard InChI is InChI=1S/C21H24FN3OS/c1-24(21-23-19-8-2-3-9-20(19)27-21)17-10-12-25(15-17)11-5-13-26-18-7-4-6-16(22)14-18/h2-4,6-9,14,17H,5,10-13,15H2,1H3. The summed E-state index contributed by atoms with van der Waals surface area (Å²) < 4.78 is 20.0. The number of benzene rings is 2. The van der Waals surface area contributed by atoms with Crippen LogP contribution in [-0.4, -0.2) is 49.2 Å². The summed E-state index contributed by atoms with van der Waals surface area (Å²) in [4.78, 5) is 9.58. The zero-order chi connectivity index (χ0) is 18.6. The van der Waals surface area contributed by atoms with Crippen LogP contribution in [0.5, 0.6) is 5.75 Å². The van der Waals surface area contributed by atoms with Crippen molar-refractivity contribution >= 4 is 26.7 Å². The summed E-state index contributed by atoms with van der Waals surface area (Å²) in [5, 5.41) is 1.09. The molecule has 1 fully saturated rings. The molecular formula is C21H24FN3OS. The molecule has 3 aromatic rings. The molecule has 1 aliphatic heterocycles. The van der Waals surface area contributed by atoms with Crippen LogP contribution in [0.1, 0.15) is 12.8 Å². The quantitative estimate of drug-likeness (QED) is 0.563. The molecule has 2 heterocycles. The molecule has 1 aromatic heterocycles. The van der Waals surface area contributed by atoms with Crippen LogP contribution in [0.3, 0.4) is 0 Å². The maximum atomic E-state index is 13.2. The largest absolute Gasteiger partial charge is 0.493 e. The van der Waals surface area contributed by atoms with Gasteiger partial charge < -0.3 is 14.5 Å². The molecule has 142 valence electrons. The van der Waals surface area contributed by atoms with Gasteiger partial charge in [0.1, 0.15) is 11.6 Å². The minimum absolute atomic E-state index is 0.257. The van der Waals surface area contributed by atoms with E-state index in [9.17, 15) is 4.39 Å². The van der Waals surface area contributed by atoms with E-state index in [0.717, 1.165) is 43.1 Å². The van der Waals surface area contributed by atoms with Crippen LogP contribution >= 0.6 is 11.3 Å². The lowest BCUT2D eigenvalue weighted by atomic mass is 10.2. The van der Waals surface area contributed by atoms with Gasteiger partial charge in [-0.1, -0.05) is 29.5 Å². The molecule has 1 atom stereocenters. The van der Waals surface area contributed by atoms with Crippen molar-refractivity contribution in [3.63, 3.8) is 0 Å². The Kier molecular flexibility index (Phi) is 5.55. The molecule has 0 saturated carbocycles. The van der Waals surface area contributed by atoms with Crippen LogP contribution in [-0.2, 0) is 0 Å². The number of aromatic nitrogens is 1. The Morgan fingerprint density at radius 1 is 1.26 bits per heavy atom. The highest BCUT2D eigenvalue weighted by Gasteiger charge is 2.27. The lowest BCUT2D eigenvalue weighted by Crippen LogP contribution is -2.34. The van der Waals surface area contributed by atoms with Crippen LogP contribution in [0.25, 0.3) is 10.2 Å². The summed E-state index contributed by atoms with van der Waals surface area (Å²) >= 11 is 1.76. The van der Waals surface area contributed by atoms with E-state index in [1.54, 1.807) is 23.5 Å². The Morgan fingerprint density at radius 2 is 2.15 bits per heavy atom. The van der Waals surface area contributed by atoms with E-state index in [2.05, 4.69) is 35.0 Å².